The molecule has 2 aromatic rings. The van der Waals surface area contributed by atoms with Crippen molar-refractivity contribution in [2.24, 2.45) is 0 Å². The lowest BCUT2D eigenvalue weighted by Crippen LogP contribution is -2.23. The van der Waals surface area contributed by atoms with Gasteiger partial charge in [0, 0.05) is 18.7 Å². The molecule has 1 aliphatic heterocycles. The predicted molar refractivity (Wildman–Crippen MR) is 80.0 cm³/mol. The van der Waals surface area contributed by atoms with Crippen molar-refractivity contribution in [1.82, 2.24) is 15.1 Å². The normalized spacial score (nSPS) is 15.3. The summed E-state index contributed by atoms with van der Waals surface area (Å²) in [4.78, 5) is 13.2. The first-order chi connectivity index (χ1) is 11.4. The zero-order chi connectivity index (χ0) is 17.2. The third-order valence-corrected chi connectivity index (χ3v) is 4.49. The Hall–Kier alpha value is -2.03. The minimum absolute atomic E-state index is 0.0431. The molecule has 9 heteroatoms. The first kappa shape index (κ1) is 16.8. The van der Waals surface area contributed by atoms with E-state index in [4.69, 9.17) is 4.42 Å². The minimum Gasteiger partial charge on any atom is -0.414 e. The molecule has 3 rings (SSSR count). The fraction of sp³-hybridized carbons (Fsp3) is 0.400. The van der Waals surface area contributed by atoms with Gasteiger partial charge >= 0.3 is 6.18 Å². The molecule has 1 saturated heterocycles. The number of hydrogen-bond acceptors (Lipinski definition) is 5. The van der Waals surface area contributed by atoms with E-state index in [0.717, 1.165) is 24.2 Å². The molecule has 0 spiro atoms. The third-order valence-electron chi connectivity index (χ3n) is 3.62. The second-order valence-electron chi connectivity index (χ2n) is 5.32. The Kier molecular flexibility index (Phi) is 4.79. The van der Waals surface area contributed by atoms with Gasteiger partial charge in [-0.25, -0.2) is 0 Å². The molecule has 0 aliphatic carbocycles. The van der Waals surface area contributed by atoms with Crippen LogP contribution in [-0.4, -0.2) is 27.5 Å². The van der Waals surface area contributed by atoms with Gasteiger partial charge in [0.2, 0.25) is 11.8 Å². The molecule has 1 fully saturated rings. The smallest absolute Gasteiger partial charge is 0.414 e. The van der Waals surface area contributed by atoms with Crippen LogP contribution in [0.15, 0.2) is 33.9 Å². The molecule has 0 N–H and O–H groups in total. The topological polar surface area (TPSA) is 59.2 Å². The van der Waals surface area contributed by atoms with Crippen molar-refractivity contribution in [2.45, 2.75) is 36.5 Å². The van der Waals surface area contributed by atoms with Crippen molar-refractivity contribution in [3.63, 3.8) is 0 Å². The molecule has 5 nitrogen and oxygen atoms in total. The van der Waals surface area contributed by atoms with E-state index in [1.807, 2.05) is 0 Å². The van der Waals surface area contributed by atoms with Gasteiger partial charge in [0.15, 0.2) is 0 Å². The highest BCUT2D eigenvalue weighted by atomic mass is 32.2. The van der Waals surface area contributed by atoms with Crippen LogP contribution in [0.3, 0.4) is 0 Å². The molecule has 24 heavy (non-hydrogen) atoms. The maximum Gasteiger partial charge on any atom is 0.416 e. The van der Waals surface area contributed by atoms with Crippen LogP contribution in [0.2, 0.25) is 0 Å². The van der Waals surface area contributed by atoms with Crippen molar-refractivity contribution in [3.8, 4) is 0 Å². The first-order valence-corrected chi connectivity index (χ1v) is 8.30. The van der Waals surface area contributed by atoms with Gasteiger partial charge in [-0.05, 0) is 18.1 Å². The monoisotopic (exact) mass is 357 g/mol. The summed E-state index contributed by atoms with van der Waals surface area (Å²) < 4.78 is 44.2. The number of hydrogen-bond donors (Lipinski definition) is 0. The summed E-state index contributed by atoms with van der Waals surface area (Å²) in [6, 6.07) is 5.39. The Balaban J connectivity index is 1.63. The van der Waals surface area contributed by atoms with E-state index in [-0.39, 0.29) is 34.9 Å². The Morgan fingerprint density at radius 2 is 2.04 bits per heavy atom. The van der Waals surface area contributed by atoms with E-state index in [1.54, 1.807) is 11.0 Å². The Morgan fingerprint density at radius 1 is 1.25 bits per heavy atom. The molecule has 1 amide bonds. The molecule has 1 aromatic carbocycles. The number of thioether (sulfide) groups is 1. The summed E-state index contributed by atoms with van der Waals surface area (Å²) in [5.41, 5.74) is -0.510. The summed E-state index contributed by atoms with van der Waals surface area (Å²) in [6.45, 7) is 0.897. The van der Waals surface area contributed by atoms with E-state index < -0.39 is 11.7 Å². The lowest BCUT2D eigenvalue weighted by atomic mass is 10.1. The van der Waals surface area contributed by atoms with Gasteiger partial charge in [-0.1, -0.05) is 30.0 Å². The van der Waals surface area contributed by atoms with Gasteiger partial charge in [0.25, 0.3) is 5.22 Å². The molecule has 0 unspecified atom stereocenters. The van der Waals surface area contributed by atoms with Gasteiger partial charge in [0.1, 0.15) is 0 Å². The zero-order valence-corrected chi connectivity index (χ0v) is 13.4. The van der Waals surface area contributed by atoms with Crippen molar-refractivity contribution >= 4 is 17.7 Å². The van der Waals surface area contributed by atoms with Crippen molar-refractivity contribution in [3.05, 3.63) is 41.3 Å². The molecule has 128 valence electrons. The van der Waals surface area contributed by atoms with E-state index in [9.17, 15) is 18.0 Å². The number of amides is 1. The lowest BCUT2D eigenvalue weighted by molar-refractivity contribution is -0.138. The summed E-state index contributed by atoms with van der Waals surface area (Å²) >= 11 is 1.04. The van der Waals surface area contributed by atoms with Crippen LogP contribution >= 0.6 is 11.8 Å². The van der Waals surface area contributed by atoms with Crippen LogP contribution in [0.1, 0.15) is 29.9 Å². The Bertz CT molecular complexity index is 733. The number of carbonyl (C=O) groups excluding carboxylic acids is 1. The lowest BCUT2D eigenvalue weighted by Gasteiger charge is -2.12. The van der Waals surface area contributed by atoms with Gasteiger partial charge in [-0.15, -0.1) is 10.2 Å². The van der Waals surface area contributed by atoms with Gasteiger partial charge in [-0.3, -0.25) is 4.79 Å². The maximum atomic E-state index is 12.9. The average Bonchev–Trinajstić information content (AvgIpc) is 3.15. The fourth-order valence-electron chi connectivity index (χ4n) is 2.46. The van der Waals surface area contributed by atoms with E-state index in [0.29, 0.717) is 13.0 Å². The van der Waals surface area contributed by atoms with Crippen molar-refractivity contribution < 1.29 is 22.4 Å². The number of rotatable bonds is 5. The van der Waals surface area contributed by atoms with Crippen molar-refractivity contribution in [2.75, 3.05) is 6.54 Å². The molecule has 2 heterocycles. The van der Waals surface area contributed by atoms with Crippen LogP contribution in [0.25, 0.3) is 0 Å². The van der Waals surface area contributed by atoms with E-state index >= 15 is 0 Å². The number of likely N-dealkylation sites (tertiary alicyclic amines) is 1. The van der Waals surface area contributed by atoms with Crippen LogP contribution in [-0.2, 0) is 23.3 Å². The summed E-state index contributed by atoms with van der Waals surface area (Å²) in [7, 11) is 0. The molecule has 0 atom stereocenters. The van der Waals surface area contributed by atoms with Gasteiger partial charge in [-0.2, -0.15) is 13.2 Å². The van der Waals surface area contributed by atoms with Crippen LogP contribution in [0, 0.1) is 0 Å². The number of alkyl halides is 3. The van der Waals surface area contributed by atoms with Crippen LogP contribution in [0.4, 0.5) is 13.2 Å². The number of nitrogens with zero attached hydrogens (tertiary/aromatic N) is 3. The second kappa shape index (κ2) is 6.84. The quantitative estimate of drug-likeness (QED) is 0.767. The van der Waals surface area contributed by atoms with Gasteiger partial charge < -0.3 is 9.32 Å². The summed E-state index contributed by atoms with van der Waals surface area (Å²) in [6.07, 6.45) is -3.07. The molecule has 0 radical (unpaired) electrons. The number of halogens is 3. The fourth-order valence-corrected chi connectivity index (χ4v) is 3.24. The third kappa shape index (κ3) is 3.89. The number of carbonyl (C=O) groups is 1. The Labute approximate surface area is 140 Å². The highest BCUT2D eigenvalue weighted by Gasteiger charge is 2.33. The molecular formula is C15H14F3N3O2S. The standard InChI is InChI=1S/C15H14F3N3O2S/c16-15(17,18)11-5-2-1-4-10(11)9-24-14-20-19-12(23-14)8-21-7-3-6-13(21)22/h1-2,4-5H,3,6-9H2. The van der Waals surface area contributed by atoms with E-state index in [1.165, 1.54) is 12.1 Å². The highest BCUT2D eigenvalue weighted by molar-refractivity contribution is 7.98. The summed E-state index contributed by atoms with van der Waals surface area (Å²) in [5, 5.41) is 7.85. The summed E-state index contributed by atoms with van der Waals surface area (Å²) in [5.74, 6) is 0.401. The zero-order valence-electron chi connectivity index (χ0n) is 12.5. The first-order valence-electron chi connectivity index (χ1n) is 7.31. The Morgan fingerprint density at radius 3 is 2.75 bits per heavy atom. The minimum atomic E-state index is -4.40. The largest absolute Gasteiger partial charge is 0.416 e. The molecule has 0 saturated carbocycles. The maximum absolute atomic E-state index is 12.9. The molecular weight excluding hydrogens is 343 g/mol. The number of benzene rings is 1. The van der Waals surface area contributed by atoms with Crippen LogP contribution in [0.5, 0.6) is 0 Å². The van der Waals surface area contributed by atoms with Crippen molar-refractivity contribution in [1.29, 1.82) is 0 Å². The predicted octanol–water partition coefficient (Wildman–Crippen LogP) is 3.50. The molecule has 0 bridgehead atoms. The number of aromatic nitrogens is 2. The molecule has 1 aromatic heterocycles. The second-order valence-corrected chi connectivity index (χ2v) is 6.25. The highest BCUT2D eigenvalue weighted by Crippen LogP contribution is 2.34. The van der Waals surface area contributed by atoms with E-state index in [2.05, 4.69) is 10.2 Å². The van der Waals surface area contributed by atoms with Gasteiger partial charge in [0.05, 0.1) is 12.1 Å². The SMILES string of the molecule is O=C1CCCN1Cc1nnc(SCc2ccccc2C(F)(F)F)o1. The molecule has 1 aliphatic rings. The average molecular weight is 357 g/mol. The van der Waals surface area contributed by atoms with Crippen LogP contribution < -0.4 is 0 Å².